The smallest absolute Gasteiger partial charge is 0.122 e. The predicted molar refractivity (Wildman–Crippen MR) is 73.6 cm³/mol. The molecule has 0 unspecified atom stereocenters. The summed E-state index contributed by atoms with van der Waals surface area (Å²) in [6, 6.07) is 6.12. The fraction of sp³-hybridized carbons (Fsp3) is 0.333. The molecule has 0 bridgehead atoms. The molecule has 2 nitrogen and oxygen atoms in total. The number of nitrogens with one attached hydrogen (secondary N) is 1. The zero-order valence-electron chi connectivity index (χ0n) is 10.7. The van der Waals surface area contributed by atoms with E-state index in [1.165, 1.54) is 11.1 Å². The van der Waals surface area contributed by atoms with Crippen molar-refractivity contribution >= 4 is 0 Å². The van der Waals surface area contributed by atoms with E-state index in [-0.39, 0.29) is 0 Å². The molecular weight excluding hydrogens is 210 g/mol. The van der Waals surface area contributed by atoms with Crippen molar-refractivity contribution in [1.82, 2.24) is 5.32 Å². The molecule has 0 radical (unpaired) electrons. The Bertz CT molecular complexity index is 383. The molecule has 0 aliphatic heterocycles. The lowest BCUT2D eigenvalue weighted by molar-refractivity contribution is 0.359. The summed E-state index contributed by atoms with van der Waals surface area (Å²) >= 11 is 0. The second-order valence-electron chi connectivity index (χ2n) is 3.93. The van der Waals surface area contributed by atoms with Gasteiger partial charge in [-0.3, -0.25) is 0 Å². The monoisotopic (exact) mass is 231 g/mol. The fourth-order valence-corrected chi connectivity index (χ4v) is 1.44. The van der Waals surface area contributed by atoms with E-state index in [4.69, 9.17) is 4.74 Å². The lowest BCUT2D eigenvalue weighted by Gasteiger charge is -2.08. The van der Waals surface area contributed by atoms with Crippen LogP contribution in [-0.2, 0) is 0 Å². The Morgan fingerprint density at radius 1 is 1.24 bits per heavy atom. The lowest BCUT2D eigenvalue weighted by Crippen LogP contribution is -2.12. The molecule has 0 aromatic heterocycles. The van der Waals surface area contributed by atoms with Crippen molar-refractivity contribution in [3.05, 3.63) is 54.1 Å². The molecule has 1 N–H and O–H groups in total. The van der Waals surface area contributed by atoms with Crippen LogP contribution in [0.3, 0.4) is 0 Å². The fourth-order valence-electron chi connectivity index (χ4n) is 1.44. The van der Waals surface area contributed by atoms with Crippen molar-refractivity contribution in [2.24, 2.45) is 0 Å². The summed E-state index contributed by atoms with van der Waals surface area (Å²) in [5, 5.41) is 3.19. The minimum atomic E-state index is 0.611. The molecule has 17 heavy (non-hydrogen) atoms. The summed E-state index contributed by atoms with van der Waals surface area (Å²) in [6.45, 7) is 10.1. The van der Waals surface area contributed by atoms with Crippen LogP contribution in [0.5, 0.6) is 5.75 Å². The van der Waals surface area contributed by atoms with Gasteiger partial charge in [0, 0.05) is 13.1 Å². The van der Waals surface area contributed by atoms with Crippen LogP contribution < -0.4 is 10.1 Å². The Balaban J connectivity index is 2.31. The molecule has 1 aromatic carbocycles. The summed E-state index contributed by atoms with van der Waals surface area (Å²) in [5.41, 5.74) is 2.48. The summed E-state index contributed by atoms with van der Waals surface area (Å²) in [7, 11) is 0. The zero-order chi connectivity index (χ0) is 12.5. The number of rotatable bonds is 7. The summed E-state index contributed by atoms with van der Waals surface area (Å²) < 4.78 is 5.69. The van der Waals surface area contributed by atoms with E-state index in [1.54, 1.807) is 0 Å². The third-order valence-electron chi connectivity index (χ3n) is 2.61. The quantitative estimate of drug-likeness (QED) is 0.575. The van der Waals surface area contributed by atoms with Crippen molar-refractivity contribution in [3.8, 4) is 5.75 Å². The number of hydrogen-bond donors (Lipinski definition) is 1. The van der Waals surface area contributed by atoms with Gasteiger partial charge in [0.15, 0.2) is 0 Å². The molecule has 0 amide bonds. The van der Waals surface area contributed by atoms with Crippen molar-refractivity contribution < 1.29 is 4.74 Å². The maximum Gasteiger partial charge on any atom is 0.122 e. The average molecular weight is 231 g/mol. The highest BCUT2D eigenvalue weighted by atomic mass is 16.5. The molecular formula is C15H21NO. The molecule has 0 saturated heterocycles. The molecule has 0 aliphatic carbocycles. The highest BCUT2D eigenvalue weighted by molar-refractivity contribution is 5.38. The van der Waals surface area contributed by atoms with Gasteiger partial charge in [-0.25, -0.2) is 0 Å². The first kappa shape index (κ1) is 13.5. The van der Waals surface area contributed by atoms with Crippen LogP contribution in [0.1, 0.15) is 11.1 Å². The lowest BCUT2D eigenvalue weighted by atomic mass is 10.1. The summed E-state index contributed by atoms with van der Waals surface area (Å²) in [5.74, 6) is 0.966. The minimum Gasteiger partial charge on any atom is -0.489 e. The topological polar surface area (TPSA) is 21.3 Å². The Kier molecular flexibility index (Phi) is 6.12. The summed E-state index contributed by atoms with van der Waals surface area (Å²) in [6.07, 6.45) is 5.94. The Labute approximate surface area is 104 Å². The summed E-state index contributed by atoms with van der Waals surface area (Å²) in [4.78, 5) is 0. The maximum atomic E-state index is 5.69. The normalized spacial score (nSPS) is 10.7. The van der Waals surface area contributed by atoms with E-state index >= 15 is 0 Å². The average Bonchev–Trinajstić information content (AvgIpc) is 2.33. The second kappa shape index (κ2) is 7.69. The molecule has 2 heteroatoms. The predicted octanol–water partition coefficient (Wildman–Crippen LogP) is 3.01. The minimum absolute atomic E-state index is 0.611. The van der Waals surface area contributed by atoms with Gasteiger partial charge in [-0.1, -0.05) is 30.4 Å². The Morgan fingerprint density at radius 3 is 2.82 bits per heavy atom. The SMILES string of the molecule is C=CCNCC=CCOc1cccc(C)c1C. The van der Waals surface area contributed by atoms with Crippen molar-refractivity contribution in [2.75, 3.05) is 19.7 Å². The molecule has 0 saturated carbocycles. The van der Waals surface area contributed by atoms with E-state index in [0.717, 1.165) is 18.8 Å². The Morgan fingerprint density at radius 2 is 2.06 bits per heavy atom. The van der Waals surface area contributed by atoms with Crippen LogP contribution in [0.2, 0.25) is 0 Å². The number of aryl methyl sites for hydroxylation is 1. The number of hydrogen-bond acceptors (Lipinski definition) is 2. The molecule has 1 rings (SSSR count). The molecule has 0 aliphatic rings. The van der Waals surface area contributed by atoms with Crippen LogP contribution in [0.25, 0.3) is 0 Å². The highest BCUT2D eigenvalue weighted by Crippen LogP contribution is 2.20. The number of ether oxygens (including phenoxy) is 1. The van der Waals surface area contributed by atoms with Gasteiger partial charge in [-0.05, 0) is 31.0 Å². The third-order valence-corrected chi connectivity index (χ3v) is 2.61. The Hall–Kier alpha value is -1.54. The molecule has 0 atom stereocenters. The van der Waals surface area contributed by atoms with Crippen LogP contribution >= 0.6 is 0 Å². The molecule has 1 aromatic rings. The van der Waals surface area contributed by atoms with E-state index in [1.807, 2.05) is 24.3 Å². The van der Waals surface area contributed by atoms with Gasteiger partial charge in [-0.2, -0.15) is 0 Å². The van der Waals surface area contributed by atoms with E-state index < -0.39 is 0 Å². The molecule has 0 spiro atoms. The standard InChI is InChI=1S/C15H21NO/c1-4-10-16-11-5-6-12-17-15-9-7-8-13(2)14(15)3/h4-9,16H,1,10-12H2,2-3H3. The van der Waals surface area contributed by atoms with Crippen molar-refractivity contribution in [3.63, 3.8) is 0 Å². The van der Waals surface area contributed by atoms with Crippen LogP contribution in [-0.4, -0.2) is 19.7 Å². The van der Waals surface area contributed by atoms with Gasteiger partial charge in [-0.15, -0.1) is 6.58 Å². The van der Waals surface area contributed by atoms with Crippen molar-refractivity contribution in [1.29, 1.82) is 0 Å². The number of benzene rings is 1. The van der Waals surface area contributed by atoms with Crippen molar-refractivity contribution in [2.45, 2.75) is 13.8 Å². The van der Waals surface area contributed by atoms with Gasteiger partial charge in [0.1, 0.15) is 12.4 Å². The first-order valence-electron chi connectivity index (χ1n) is 5.91. The third kappa shape index (κ3) is 4.87. The first-order valence-corrected chi connectivity index (χ1v) is 5.91. The largest absolute Gasteiger partial charge is 0.489 e. The van der Waals surface area contributed by atoms with E-state index in [9.17, 15) is 0 Å². The molecule has 0 fully saturated rings. The highest BCUT2D eigenvalue weighted by Gasteiger charge is 1.99. The zero-order valence-corrected chi connectivity index (χ0v) is 10.7. The molecule has 92 valence electrons. The van der Waals surface area contributed by atoms with Gasteiger partial charge < -0.3 is 10.1 Å². The van der Waals surface area contributed by atoms with E-state index in [2.05, 4.69) is 37.9 Å². The van der Waals surface area contributed by atoms with Crippen LogP contribution in [0, 0.1) is 13.8 Å². The maximum absolute atomic E-state index is 5.69. The second-order valence-corrected chi connectivity index (χ2v) is 3.93. The van der Waals surface area contributed by atoms with Gasteiger partial charge in [0.2, 0.25) is 0 Å². The van der Waals surface area contributed by atoms with Crippen LogP contribution in [0.15, 0.2) is 43.0 Å². The van der Waals surface area contributed by atoms with Gasteiger partial charge >= 0.3 is 0 Å². The molecule has 0 heterocycles. The van der Waals surface area contributed by atoms with Crippen LogP contribution in [0.4, 0.5) is 0 Å². The van der Waals surface area contributed by atoms with E-state index in [0.29, 0.717) is 6.61 Å². The first-order chi connectivity index (χ1) is 8.25. The van der Waals surface area contributed by atoms with Gasteiger partial charge in [0.05, 0.1) is 0 Å². The van der Waals surface area contributed by atoms with Gasteiger partial charge in [0.25, 0.3) is 0 Å².